The Morgan fingerprint density at radius 2 is 1.79 bits per heavy atom. The molecule has 5 nitrogen and oxygen atoms in total. The summed E-state index contributed by atoms with van der Waals surface area (Å²) in [5.74, 6) is -0.0956. The Morgan fingerprint density at radius 1 is 1.03 bits per heavy atom. The maximum absolute atomic E-state index is 13.3. The minimum atomic E-state index is -0.0956. The number of carbonyl (C=O) groups excluding carboxylic acids is 1. The van der Waals surface area contributed by atoms with Crippen LogP contribution in [0, 0.1) is 0 Å². The predicted molar refractivity (Wildman–Crippen MR) is 134 cm³/mol. The van der Waals surface area contributed by atoms with Crippen molar-refractivity contribution in [2.75, 3.05) is 13.1 Å². The molecule has 3 heterocycles. The molecular formula is C26H25ClN4OS. The highest BCUT2D eigenvalue weighted by Gasteiger charge is 2.24. The SMILES string of the molecule is O=C(NC1CCN(Cc2ccccc2)CC1)c1cc(-c2cccs2)nn1-c1ccc(Cl)cc1. The summed E-state index contributed by atoms with van der Waals surface area (Å²) >= 11 is 7.68. The van der Waals surface area contributed by atoms with E-state index in [1.807, 2.05) is 53.9 Å². The van der Waals surface area contributed by atoms with Crippen molar-refractivity contribution in [3.05, 3.63) is 94.5 Å². The number of hydrogen-bond donors (Lipinski definition) is 1. The van der Waals surface area contributed by atoms with E-state index in [1.54, 1.807) is 16.0 Å². The van der Waals surface area contributed by atoms with Crippen molar-refractivity contribution in [2.45, 2.75) is 25.4 Å². The normalized spacial score (nSPS) is 14.9. The zero-order chi connectivity index (χ0) is 22.6. The quantitative estimate of drug-likeness (QED) is 0.391. The van der Waals surface area contributed by atoms with E-state index in [-0.39, 0.29) is 11.9 Å². The molecule has 4 aromatic rings. The highest BCUT2D eigenvalue weighted by Crippen LogP contribution is 2.26. The van der Waals surface area contributed by atoms with Gasteiger partial charge < -0.3 is 5.32 Å². The Balaban J connectivity index is 1.29. The number of nitrogens with zero attached hydrogens (tertiary/aromatic N) is 3. The van der Waals surface area contributed by atoms with Gasteiger partial charge >= 0.3 is 0 Å². The molecule has 33 heavy (non-hydrogen) atoms. The Morgan fingerprint density at radius 3 is 2.48 bits per heavy atom. The second-order valence-corrected chi connectivity index (χ2v) is 9.67. The molecule has 2 aromatic heterocycles. The summed E-state index contributed by atoms with van der Waals surface area (Å²) in [6, 6.07) is 24.0. The topological polar surface area (TPSA) is 50.2 Å². The first-order valence-corrected chi connectivity index (χ1v) is 12.4. The lowest BCUT2D eigenvalue weighted by Gasteiger charge is -2.32. The van der Waals surface area contributed by atoms with Crippen LogP contribution in [0.4, 0.5) is 0 Å². The highest BCUT2D eigenvalue weighted by atomic mass is 35.5. The first-order chi connectivity index (χ1) is 16.2. The molecule has 0 spiro atoms. The van der Waals surface area contributed by atoms with Gasteiger partial charge in [-0.1, -0.05) is 48.0 Å². The molecule has 1 fully saturated rings. The zero-order valence-corrected chi connectivity index (χ0v) is 19.7. The van der Waals surface area contributed by atoms with Gasteiger partial charge in [0, 0.05) is 30.7 Å². The second-order valence-electron chi connectivity index (χ2n) is 8.29. The van der Waals surface area contributed by atoms with Crippen molar-refractivity contribution in [1.29, 1.82) is 0 Å². The average molecular weight is 477 g/mol. The number of benzene rings is 2. The van der Waals surface area contributed by atoms with Gasteiger partial charge in [-0.2, -0.15) is 5.10 Å². The van der Waals surface area contributed by atoms with Crippen LogP contribution in [0.3, 0.4) is 0 Å². The van der Waals surface area contributed by atoms with Gasteiger partial charge in [-0.25, -0.2) is 4.68 Å². The number of piperidine rings is 1. The number of thiophene rings is 1. The van der Waals surface area contributed by atoms with Gasteiger partial charge in [0.2, 0.25) is 0 Å². The first kappa shape index (κ1) is 21.9. The van der Waals surface area contributed by atoms with Crippen molar-refractivity contribution in [3.63, 3.8) is 0 Å². The summed E-state index contributed by atoms with van der Waals surface area (Å²) in [6.45, 7) is 2.89. The fraction of sp³-hybridized carbons (Fsp3) is 0.231. The number of hydrogen-bond acceptors (Lipinski definition) is 4. The fourth-order valence-electron chi connectivity index (χ4n) is 4.20. The molecule has 0 saturated carbocycles. The van der Waals surface area contributed by atoms with Gasteiger partial charge in [0.25, 0.3) is 5.91 Å². The molecule has 168 valence electrons. The molecule has 0 bridgehead atoms. The van der Waals surface area contributed by atoms with E-state index in [0.717, 1.165) is 48.7 Å². The lowest BCUT2D eigenvalue weighted by atomic mass is 10.0. The molecule has 2 aromatic carbocycles. The van der Waals surface area contributed by atoms with Gasteiger partial charge in [0.05, 0.1) is 10.6 Å². The minimum absolute atomic E-state index is 0.0956. The lowest BCUT2D eigenvalue weighted by molar-refractivity contribution is 0.0901. The number of aromatic nitrogens is 2. The van der Waals surface area contributed by atoms with Crippen molar-refractivity contribution < 1.29 is 4.79 Å². The van der Waals surface area contributed by atoms with Gasteiger partial charge in [-0.05, 0) is 60.2 Å². The van der Waals surface area contributed by atoms with Crippen molar-refractivity contribution in [1.82, 2.24) is 20.0 Å². The van der Waals surface area contributed by atoms with Crippen LogP contribution < -0.4 is 5.32 Å². The Kier molecular flexibility index (Phi) is 6.58. The summed E-state index contributed by atoms with van der Waals surface area (Å²) < 4.78 is 1.71. The third-order valence-electron chi connectivity index (χ3n) is 5.96. The van der Waals surface area contributed by atoms with E-state index in [1.165, 1.54) is 5.56 Å². The van der Waals surface area contributed by atoms with Gasteiger partial charge in [-0.15, -0.1) is 11.3 Å². The Bertz CT molecular complexity index is 1200. The molecule has 1 saturated heterocycles. The molecule has 0 unspecified atom stereocenters. The monoisotopic (exact) mass is 476 g/mol. The molecule has 1 aliphatic heterocycles. The number of halogens is 1. The predicted octanol–water partition coefficient (Wildman–Crippen LogP) is 5.65. The maximum Gasteiger partial charge on any atom is 0.270 e. The van der Waals surface area contributed by atoms with Crippen LogP contribution in [0.2, 0.25) is 5.02 Å². The van der Waals surface area contributed by atoms with Crippen LogP contribution in [0.15, 0.2) is 78.2 Å². The van der Waals surface area contributed by atoms with E-state index < -0.39 is 0 Å². The number of likely N-dealkylation sites (tertiary alicyclic amines) is 1. The smallest absolute Gasteiger partial charge is 0.270 e. The second kappa shape index (κ2) is 9.91. The van der Waals surface area contributed by atoms with E-state index in [0.29, 0.717) is 10.7 Å². The molecule has 1 aliphatic rings. The van der Waals surface area contributed by atoms with E-state index in [9.17, 15) is 4.79 Å². The summed E-state index contributed by atoms with van der Waals surface area (Å²) in [7, 11) is 0. The summed E-state index contributed by atoms with van der Waals surface area (Å²) in [4.78, 5) is 16.8. The van der Waals surface area contributed by atoms with Crippen LogP contribution in [0.1, 0.15) is 28.9 Å². The molecular weight excluding hydrogens is 452 g/mol. The third kappa shape index (κ3) is 5.19. The van der Waals surface area contributed by atoms with E-state index in [2.05, 4.69) is 34.5 Å². The zero-order valence-electron chi connectivity index (χ0n) is 18.2. The third-order valence-corrected chi connectivity index (χ3v) is 7.10. The highest BCUT2D eigenvalue weighted by molar-refractivity contribution is 7.13. The Labute approximate surface area is 202 Å². The van der Waals surface area contributed by atoms with Crippen LogP contribution in [-0.2, 0) is 6.54 Å². The molecule has 7 heteroatoms. The first-order valence-electron chi connectivity index (χ1n) is 11.1. The van der Waals surface area contributed by atoms with E-state index >= 15 is 0 Å². The van der Waals surface area contributed by atoms with Crippen LogP contribution in [0.25, 0.3) is 16.3 Å². The van der Waals surface area contributed by atoms with Gasteiger partial charge in [0.15, 0.2) is 0 Å². The van der Waals surface area contributed by atoms with Crippen molar-refractivity contribution in [3.8, 4) is 16.3 Å². The maximum atomic E-state index is 13.3. The summed E-state index contributed by atoms with van der Waals surface area (Å²) in [5, 5.41) is 10.7. The number of carbonyl (C=O) groups is 1. The summed E-state index contributed by atoms with van der Waals surface area (Å²) in [5.41, 5.74) is 3.47. The largest absolute Gasteiger partial charge is 0.348 e. The fourth-order valence-corrected chi connectivity index (χ4v) is 5.01. The van der Waals surface area contributed by atoms with Crippen LogP contribution in [0.5, 0.6) is 0 Å². The lowest BCUT2D eigenvalue weighted by Crippen LogP contribution is -2.44. The molecule has 0 aliphatic carbocycles. The van der Waals surface area contributed by atoms with Crippen molar-refractivity contribution >= 4 is 28.8 Å². The molecule has 0 atom stereocenters. The van der Waals surface area contributed by atoms with E-state index in [4.69, 9.17) is 16.7 Å². The standard InChI is InChI=1S/C26H25ClN4OS/c27-20-8-10-22(11-9-20)31-24(17-23(29-31)25-7-4-16-33-25)26(32)28-21-12-14-30(15-13-21)18-19-5-2-1-3-6-19/h1-11,16-17,21H,12-15,18H2,(H,28,32). The number of amides is 1. The van der Waals surface area contributed by atoms with Crippen LogP contribution >= 0.6 is 22.9 Å². The van der Waals surface area contributed by atoms with Crippen LogP contribution in [-0.4, -0.2) is 39.7 Å². The molecule has 1 amide bonds. The average Bonchev–Trinajstić information content (AvgIpc) is 3.52. The number of rotatable bonds is 6. The summed E-state index contributed by atoms with van der Waals surface area (Å²) in [6.07, 6.45) is 1.87. The molecule has 5 rings (SSSR count). The minimum Gasteiger partial charge on any atom is -0.348 e. The van der Waals surface area contributed by atoms with Crippen molar-refractivity contribution in [2.24, 2.45) is 0 Å². The molecule has 0 radical (unpaired) electrons. The van der Waals surface area contributed by atoms with Gasteiger partial charge in [0.1, 0.15) is 11.4 Å². The number of nitrogens with one attached hydrogen (secondary N) is 1. The van der Waals surface area contributed by atoms with Gasteiger partial charge in [-0.3, -0.25) is 9.69 Å². The Hall–Kier alpha value is -2.93. The molecule has 1 N–H and O–H groups in total.